The molecule has 3 rings (SSSR count). The summed E-state index contributed by atoms with van der Waals surface area (Å²) in [5.74, 6) is 1.04. The van der Waals surface area contributed by atoms with Crippen LogP contribution in [0.15, 0.2) is 48.5 Å². The van der Waals surface area contributed by atoms with Crippen LogP contribution in [-0.4, -0.2) is 6.61 Å². The summed E-state index contributed by atoms with van der Waals surface area (Å²) in [6, 6.07) is 17.2. The van der Waals surface area contributed by atoms with E-state index in [9.17, 15) is 0 Å². The van der Waals surface area contributed by atoms with Crippen molar-refractivity contribution in [3.8, 4) is 5.75 Å². The van der Waals surface area contributed by atoms with Crippen LogP contribution < -0.4 is 4.74 Å². The molecule has 1 heteroatoms. The standard InChI is InChI=1S/C18H18O/c1-3-13-9-7-10-15-12-14-8-5-6-11-16(14)18(17(13)15)19-4-2/h5-12H,3-4H2,1-2H3. The van der Waals surface area contributed by atoms with Gasteiger partial charge in [0.05, 0.1) is 6.61 Å². The number of hydrogen-bond donors (Lipinski definition) is 0. The Morgan fingerprint density at radius 1 is 0.895 bits per heavy atom. The van der Waals surface area contributed by atoms with Crippen molar-refractivity contribution in [2.75, 3.05) is 6.61 Å². The minimum absolute atomic E-state index is 0.696. The maximum atomic E-state index is 5.97. The molecule has 0 aliphatic carbocycles. The number of benzene rings is 3. The molecule has 0 unspecified atom stereocenters. The Hall–Kier alpha value is -2.02. The van der Waals surface area contributed by atoms with Gasteiger partial charge < -0.3 is 4.74 Å². The van der Waals surface area contributed by atoms with Gasteiger partial charge in [-0.2, -0.15) is 0 Å². The molecule has 96 valence electrons. The number of aryl methyl sites for hydroxylation is 1. The molecule has 1 nitrogen and oxygen atoms in total. The second-order valence-electron chi connectivity index (χ2n) is 4.73. The molecule has 3 aromatic rings. The van der Waals surface area contributed by atoms with E-state index in [1.165, 1.54) is 27.1 Å². The molecule has 3 aromatic carbocycles. The van der Waals surface area contributed by atoms with Crippen LogP contribution in [0.4, 0.5) is 0 Å². The van der Waals surface area contributed by atoms with Gasteiger partial charge in [-0.3, -0.25) is 0 Å². The van der Waals surface area contributed by atoms with E-state index in [0.29, 0.717) is 6.61 Å². The van der Waals surface area contributed by atoms with E-state index in [1.54, 1.807) is 0 Å². The molecule has 0 bridgehead atoms. The van der Waals surface area contributed by atoms with Crippen LogP contribution in [0.2, 0.25) is 0 Å². The SMILES string of the molecule is CCOc1c2ccccc2cc2cccc(CC)c12. The van der Waals surface area contributed by atoms with Crippen LogP contribution >= 0.6 is 0 Å². The molecule has 0 radical (unpaired) electrons. The Bertz CT molecular complexity index is 728. The Morgan fingerprint density at radius 2 is 1.68 bits per heavy atom. The van der Waals surface area contributed by atoms with E-state index in [-0.39, 0.29) is 0 Å². The first-order chi connectivity index (χ1) is 9.35. The molecule has 0 amide bonds. The lowest BCUT2D eigenvalue weighted by Crippen LogP contribution is -1.96. The highest BCUT2D eigenvalue weighted by Crippen LogP contribution is 2.37. The van der Waals surface area contributed by atoms with E-state index >= 15 is 0 Å². The maximum Gasteiger partial charge on any atom is 0.135 e. The van der Waals surface area contributed by atoms with Crippen LogP contribution in [0.25, 0.3) is 21.5 Å². The minimum Gasteiger partial charge on any atom is -0.493 e. The molecule has 0 saturated carbocycles. The molecule has 0 fully saturated rings. The molecule has 0 spiro atoms. The average molecular weight is 250 g/mol. The summed E-state index contributed by atoms with van der Waals surface area (Å²) >= 11 is 0. The molecular weight excluding hydrogens is 232 g/mol. The van der Waals surface area contributed by atoms with Crippen molar-refractivity contribution in [3.63, 3.8) is 0 Å². The van der Waals surface area contributed by atoms with E-state index in [4.69, 9.17) is 4.74 Å². The molecule has 0 atom stereocenters. The lowest BCUT2D eigenvalue weighted by molar-refractivity contribution is 0.348. The molecular formula is C18H18O. The fourth-order valence-electron chi connectivity index (χ4n) is 2.74. The van der Waals surface area contributed by atoms with Crippen molar-refractivity contribution in [1.82, 2.24) is 0 Å². The summed E-state index contributed by atoms with van der Waals surface area (Å²) in [6.07, 6.45) is 1.02. The zero-order chi connectivity index (χ0) is 13.2. The normalized spacial score (nSPS) is 11.1. The van der Waals surface area contributed by atoms with Gasteiger partial charge in [0, 0.05) is 10.8 Å². The Balaban J connectivity index is 2.49. The van der Waals surface area contributed by atoms with E-state index in [2.05, 4.69) is 55.5 Å². The largest absolute Gasteiger partial charge is 0.493 e. The highest BCUT2D eigenvalue weighted by molar-refractivity contribution is 6.06. The van der Waals surface area contributed by atoms with Gasteiger partial charge in [0.15, 0.2) is 0 Å². The quantitative estimate of drug-likeness (QED) is 0.597. The second-order valence-corrected chi connectivity index (χ2v) is 4.73. The first-order valence-corrected chi connectivity index (χ1v) is 6.91. The summed E-state index contributed by atoms with van der Waals surface area (Å²) < 4.78 is 5.97. The minimum atomic E-state index is 0.696. The van der Waals surface area contributed by atoms with Crippen molar-refractivity contribution in [2.24, 2.45) is 0 Å². The van der Waals surface area contributed by atoms with Gasteiger partial charge in [-0.05, 0) is 35.7 Å². The summed E-state index contributed by atoms with van der Waals surface area (Å²) in [6.45, 7) is 4.93. The van der Waals surface area contributed by atoms with E-state index in [1.807, 2.05) is 6.92 Å². The summed E-state index contributed by atoms with van der Waals surface area (Å²) in [7, 11) is 0. The fourth-order valence-corrected chi connectivity index (χ4v) is 2.74. The van der Waals surface area contributed by atoms with Gasteiger partial charge in [-0.25, -0.2) is 0 Å². The number of rotatable bonds is 3. The first-order valence-electron chi connectivity index (χ1n) is 6.91. The zero-order valence-corrected chi connectivity index (χ0v) is 11.4. The maximum absolute atomic E-state index is 5.97. The second kappa shape index (κ2) is 4.93. The Morgan fingerprint density at radius 3 is 2.47 bits per heavy atom. The number of fused-ring (bicyclic) bond motifs is 2. The summed E-state index contributed by atoms with van der Waals surface area (Å²) in [4.78, 5) is 0. The zero-order valence-electron chi connectivity index (χ0n) is 11.4. The van der Waals surface area contributed by atoms with Gasteiger partial charge in [-0.1, -0.05) is 49.4 Å². The van der Waals surface area contributed by atoms with Gasteiger partial charge in [-0.15, -0.1) is 0 Å². The van der Waals surface area contributed by atoms with Crippen LogP contribution in [0, 0.1) is 0 Å². The number of hydrogen-bond acceptors (Lipinski definition) is 1. The Labute approximate surface area is 113 Å². The smallest absolute Gasteiger partial charge is 0.135 e. The van der Waals surface area contributed by atoms with Crippen LogP contribution in [0.1, 0.15) is 19.4 Å². The Kier molecular flexibility index (Phi) is 3.12. The highest BCUT2D eigenvalue weighted by Gasteiger charge is 2.11. The van der Waals surface area contributed by atoms with Crippen molar-refractivity contribution in [1.29, 1.82) is 0 Å². The fraction of sp³-hybridized carbons (Fsp3) is 0.222. The van der Waals surface area contributed by atoms with Gasteiger partial charge in [0.25, 0.3) is 0 Å². The molecule has 0 saturated heterocycles. The average Bonchev–Trinajstić information content (AvgIpc) is 2.46. The summed E-state index contributed by atoms with van der Waals surface area (Å²) in [5, 5.41) is 4.98. The monoisotopic (exact) mass is 250 g/mol. The van der Waals surface area contributed by atoms with Gasteiger partial charge >= 0.3 is 0 Å². The lowest BCUT2D eigenvalue weighted by Gasteiger charge is -2.14. The third-order valence-corrected chi connectivity index (χ3v) is 3.60. The molecule has 0 aliphatic rings. The van der Waals surface area contributed by atoms with Crippen LogP contribution in [-0.2, 0) is 6.42 Å². The molecule has 19 heavy (non-hydrogen) atoms. The molecule has 0 heterocycles. The third kappa shape index (κ3) is 1.95. The number of ether oxygens (including phenoxy) is 1. The van der Waals surface area contributed by atoms with Crippen LogP contribution in [0.3, 0.4) is 0 Å². The van der Waals surface area contributed by atoms with Crippen molar-refractivity contribution in [3.05, 3.63) is 54.1 Å². The van der Waals surface area contributed by atoms with Crippen molar-refractivity contribution in [2.45, 2.75) is 20.3 Å². The third-order valence-electron chi connectivity index (χ3n) is 3.60. The van der Waals surface area contributed by atoms with Crippen LogP contribution in [0.5, 0.6) is 5.75 Å². The predicted molar refractivity (Wildman–Crippen MR) is 82.0 cm³/mol. The van der Waals surface area contributed by atoms with E-state index < -0.39 is 0 Å². The van der Waals surface area contributed by atoms with E-state index in [0.717, 1.165) is 12.2 Å². The molecule has 0 aromatic heterocycles. The topological polar surface area (TPSA) is 9.23 Å². The van der Waals surface area contributed by atoms with Crippen molar-refractivity contribution >= 4 is 21.5 Å². The molecule has 0 N–H and O–H groups in total. The lowest BCUT2D eigenvalue weighted by atomic mass is 9.97. The van der Waals surface area contributed by atoms with Gasteiger partial charge in [0.2, 0.25) is 0 Å². The predicted octanol–water partition coefficient (Wildman–Crippen LogP) is 4.95. The molecule has 0 aliphatic heterocycles. The van der Waals surface area contributed by atoms with Gasteiger partial charge in [0.1, 0.15) is 5.75 Å². The highest BCUT2D eigenvalue weighted by atomic mass is 16.5. The summed E-state index contributed by atoms with van der Waals surface area (Å²) in [5.41, 5.74) is 1.35. The first kappa shape index (κ1) is 12.0. The van der Waals surface area contributed by atoms with Crippen molar-refractivity contribution < 1.29 is 4.74 Å².